The number of nitrogens with zero attached hydrogens (tertiary/aromatic N) is 2. The number of nitriles is 1. The largest absolute Gasteiger partial charge is 0.467 e. The smallest absolute Gasteiger partial charge is 0.330 e. The molecule has 1 aromatic heterocycles. The van der Waals surface area contributed by atoms with E-state index in [0.29, 0.717) is 5.56 Å². The number of nitrogens with one attached hydrogen (secondary N) is 1. The van der Waals surface area contributed by atoms with Crippen molar-refractivity contribution in [2.24, 2.45) is 0 Å². The highest BCUT2D eigenvalue weighted by molar-refractivity contribution is 5.79. The second-order valence-corrected chi connectivity index (χ2v) is 3.82. The fraction of sp³-hybridized carbons (Fsp3) is 0.417. The lowest BCUT2D eigenvalue weighted by molar-refractivity contribution is -0.142. The van der Waals surface area contributed by atoms with Crippen molar-refractivity contribution in [3.63, 3.8) is 0 Å². The Kier molecular flexibility index (Phi) is 4.63. The van der Waals surface area contributed by atoms with E-state index in [1.165, 1.54) is 7.11 Å². The van der Waals surface area contributed by atoms with Gasteiger partial charge in [0, 0.05) is 5.69 Å². The van der Waals surface area contributed by atoms with Crippen LogP contribution in [-0.2, 0) is 9.53 Å². The van der Waals surface area contributed by atoms with Crippen molar-refractivity contribution in [3.05, 3.63) is 22.9 Å². The summed E-state index contributed by atoms with van der Waals surface area (Å²) in [4.78, 5) is 15.5. The first-order valence-electron chi connectivity index (χ1n) is 5.37. The molecule has 6 nitrogen and oxygen atoms in total. The minimum atomic E-state index is -0.934. The fourth-order valence-electron chi connectivity index (χ4n) is 1.57. The molecule has 0 aliphatic carbocycles. The molecule has 0 fully saturated rings. The minimum Gasteiger partial charge on any atom is -0.467 e. The Balaban J connectivity index is 3.10. The zero-order valence-corrected chi connectivity index (χ0v) is 10.5. The van der Waals surface area contributed by atoms with Crippen LogP contribution in [-0.4, -0.2) is 35.8 Å². The van der Waals surface area contributed by atoms with Crippen LogP contribution < -0.4 is 5.32 Å². The first-order chi connectivity index (χ1) is 8.53. The standard InChI is InChI=1S/C12H15N3O3/c1-7-4-8(2)14-11(9(7)5-13)15-10(6-16)12(17)18-3/h4,10,16H,6H2,1-3H3,(H,14,15). The molecule has 0 aliphatic rings. The van der Waals surface area contributed by atoms with Crippen LogP contribution in [0.5, 0.6) is 0 Å². The molecule has 0 bridgehead atoms. The lowest BCUT2D eigenvalue weighted by atomic mass is 10.1. The van der Waals surface area contributed by atoms with E-state index in [0.717, 1.165) is 11.3 Å². The Hall–Kier alpha value is -2.13. The number of aliphatic hydroxyl groups is 1. The highest BCUT2D eigenvalue weighted by Gasteiger charge is 2.20. The van der Waals surface area contributed by atoms with Crippen molar-refractivity contribution in [2.45, 2.75) is 19.9 Å². The minimum absolute atomic E-state index is 0.277. The number of anilines is 1. The molecule has 2 N–H and O–H groups in total. The Morgan fingerprint density at radius 1 is 1.67 bits per heavy atom. The third-order valence-corrected chi connectivity index (χ3v) is 2.44. The maximum absolute atomic E-state index is 11.4. The summed E-state index contributed by atoms with van der Waals surface area (Å²) < 4.78 is 4.54. The van der Waals surface area contributed by atoms with Crippen molar-refractivity contribution < 1.29 is 14.6 Å². The third kappa shape index (κ3) is 2.96. The Morgan fingerprint density at radius 3 is 2.83 bits per heavy atom. The molecule has 1 rings (SSSR count). The van der Waals surface area contributed by atoms with Gasteiger partial charge in [0.2, 0.25) is 0 Å². The van der Waals surface area contributed by atoms with Gasteiger partial charge in [0.05, 0.1) is 19.3 Å². The number of carbonyl (C=O) groups is 1. The molecule has 0 radical (unpaired) electrons. The molecule has 18 heavy (non-hydrogen) atoms. The van der Waals surface area contributed by atoms with E-state index < -0.39 is 18.6 Å². The summed E-state index contributed by atoms with van der Waals surface area (Å²) in [5.41, 5.74) is 1.83. The molecule has 0 amide bonds. The molecule has 0 saturated carbocycles. The Morgan fingerprint density at radius 2 is 2.33 bits per heavy atom. The van der Waals surface area contributed by atoms with Crippen LogP contribution in [0.1, 0.15) is 16.8 Å². The van der Waals surface area contributed by atoms with Crippen LogP contribution in [0.3, 0.4) is 0 Å². The van der Waals surface area contributed by atoms with Gasteiger partial charge in [0.1, 0.15) is 17.9 Å². The van der Waals surface area contributed by atoms with Gasteiger partial charge in [-0.15, -0.1) is 0 Å². The van der Waals surface area contributed by atoms with Crippen molar-refractivity contribution in [1.82, 2.24) is 4.98 Å². The molecule has 0 spiro atoms. The number of carbonyl (C=O) groups excluding carboxylic acids is 1. The lowest BCUT2D eigenvalue weighted by Gasteiger charge is -2.16. The number of hydrogen-bond donors (Lipinski definition) is 2. The summed E-state index contributed by atoms with van der Waals surface area (Å²) >= 11 is 0. The van der Waals surface area contributed by atoms with E-state index in [-0.39, 0.29) is 5.82 Å². The normalized spacial score (nSPS) is 11.5. The van der Waals surface area contributed by atoms with Gasteiger partial charge in [-0.2, -0.15) is 5.26 Å². The van der Waals surface area contributed by atoms with Crippen molar-refractivity contribution in [3.8, 4) is 6.07 Å². The van der Waals surface area contributed by atoms with E-state index in [2.05, 4.69) is 15.0 Å². The molecular formula is C12H15N3O3. The molecule has 0 saturated heterocycles. The number of rotatable bonds is 4. The van der Waals surface area contributed by atoms with Crippen LogP contribution in [0, 0.1) is 25.2 Å². The molecule has 0 aromatic carbocycles. The van der Waals surface area contributed by atoms with Gasteiger partial charge in [-0.05, 0) is 25.5 Å². The Bertz CT molecular complexity index is 494. The van der Waals surface area contributed by atoms with Gasteiger partial charge in [0.25, 0.3) is 0 Å². The van der Waals surface area contributed by atoms with Gasteiger partial charge in [0.15, 0.2) is 0 Å². The number of esters is 1. The summed E-state index contributed by atoms with van der Waals surface area (Å²) in [6.07, 6.45) is 0. The molecule has 1 aromatic rings. The second kappa shape index (κ2) is 5.98. The molecule has 96 valence electrons. The molecule has 1 heterocycles. The van der Waals surface area contributed by atoms with E-state index in [4.69, 9.17) is 10.4 Å². The molecule has 6 heteroatoms. The first kappa shape index (κ1) is 13.9. The fourth-order valence-corrected chi connectivity index (χ4v) is 1.57. The number of aromatic nitrogens is 1. The third-order valence-electron chi connectivity index (χ3n) is 2.44. The molecule has 1 unspecified atom stereocenters. The number of methoxy groups -OCH3 is 1. The van der Waals surface area contributed by atoms with Gasteiger partial charge < -0.3 is 15.2 Å². The highest BCUT2D eigenvalue weighted by atomic mass is 16.5. The quantitative estimate of drug-likeness (QED) is 0.755. The highest BCUT2D eigenvalue weighted by Crippen LogP contribution is 2.18. The Labute approximate surface area is 105 Å². The number of aliphatic hydroxyl groups excluding tert-OH is 1. The van der Waals surface area contributed by atoms with Gasteiger partial charge in [-0.1, -0.05) is 0 Å². The van der Waals surface area contributed by atoms with E-state index in [9.17, 15) is 4.79 Å². The zero-order valence-electron chi connectivity index (χ0n) is 10.5. The maximum Gasteiger partial charge on any atom is 0.330 e. The predicted octanol–water partition coefficient (Wildman–Crippen LogP) is 0.516. The number of aryl methyl sites for hydroxylation is 2. The van der Waals surface area contributed by atoms with Crippen LogP contribution in [0.2, 0.25) is 0 Å². The summed E-state index contributed by atoms with van der Waals surface area (Å²) in [6, 6.07) is 2.86. The van der Waals surface area contributed by atoms with Crippen LogP contribution in [0.15, 0.2) is 6.07 Å². The van der Waals surface area contributed by atoms with Gasteiger partial charge in [-0.3, -0.25) is 0 Å². The maximum atomic E-state index is 11.4. The van der Waals surface area contributed by atoms with Crippen molar-refractivity contribution in [2.75, 3.05) is 19.0 Å². The van der Waals surface area contributed by atoms with Gasteiger partial charge >= 0.3 is 5.97 Å². The average molecular weight is 249 g/mol. The van der Waals surface area contributed by atoms with E-state index >= 15 is 0 Å². The summed E-state index contributed by atoms with van der Waals surface area (Å²) in [5, 5.41) is 20.9. The predicted molar refractivity (Wildman–Crippen MR) is 64.9 cm³/mol. The van der Waals surface area contributed by atoms with Crippen LogP contribution in [0.25, 0.3) is 0 Å². The molecule has 0 aliphatic heterocycles. The number of hydrogen-bond acceptors (Lipinski definition) is 6. The van der Waals surface area contributed by atoms with E-state index in [1.807, 2.05) is 6.07 Å². The summed E-state index contributed by atoms with van der Waals surface area (Å²) in [7, 11) is 1.23. The van der Waals surface area contributed by atoms with Crippen molar-refractivity contribution >= 4 is 11.8 Å². The number of pyridine rings is 1. The topological polar surface area (TPSA) is 95.2 Å². The average Bonchev–Trinajstić information content (AvgIpc) is 2.34. The van der Waals surface area contributed by atoms with Crippen LogP contribution >= 0.6 is 0 Å². The molecule has 1 atom stereocenters. The van der Waals surface area contributed by atoms with Crippen molar-refractivity contribution in [1.29, 1.82) is 5.26 Å². The first-order valence-corrected chi connectivity index (χ1v) is 5.37. The van der Waals surface area contributed by atoms with E-state index in [1.54, 1.807) is 19.9 Å². The lowest BCUT2D eigenvalue weighted by Crippen LogP contribution is -2.34. The SMILES string of the molecule is COC(=O)C(CO)Nc1nc(C)cc(C)c1C#N. The molecular weight excluding hydrogens is 234 g/mol. The summed E-state index contributed by atoms with van der Waals surface area (Å²) in [6.45, 7) is 3.13. The zero-order chi connectivity index (χ0) is 13.7. The summed E-state index contributed by atoms with van der Waals surface area (Å²) in [5.74, 6) is -0.332. The van der Waals surface area contributed by atoms with Gasteiger partial charge in [-0.25, -0.2) is 9.78 Å². The second-order valence-electron chi connectivity index (χ2n) is 3.82. The number of ether oxygens (including phenoxy) is 1. The monoisotopic (exact) mass is 249 g/mol. The van der Waals surface area contributed by atoms with Crippen LogP contribution in [0.4, 0.5) is 5.82 Å².